The van der Waals surface area contributed by atoms with Crippen LogP contribution in [0, 0.1) is 10.1 Å². The highest BCUT2D eigenvalue weighted by atomic mass is 16.6. The lowest BCUT2D eigenvalue weighted by atomic mass is 10.0. The molecule has 0 atom stereocenters. The fraction of sp³-hybridized carbons (Fsp3) is 0.438. The number of nitro groups is 1. The highest BCUT2D eigenvalue weighted by Gasteiger charge is 2.22. The molecule has 0 fully saturated rings. The van der Waals surface area contributed by atoms with Gasteiger partial charge < -0.3 is 5.32 Å². The first-order valence-corrected chi connectivity index (χ1v) is 7.68. The second-order valence-electron chi connectivity index (χ2n) is 5.94. The Hall–Kier alpha value is -2.37. The van der Waals surface area contributed by atoms with Crippen molar-refractivity contribution in [2.24, 2.45) is 0 Å². The minimum absolute atomic E-state index is 0.0963. The molecule has 2 heterocycles. The van der Waals surface area contributed by atoms with E-state index in [-0.39, 0.29) is 10.6 Å². The fourth-order valence-electron chi connectivity index (χ4n) is 2.90. The number of nitrogens with one attached hydrogen (secondary N) is 1. The molecule has 1 aliphatic heterocycles. The number of hydrogen-bond donors (Lipinski definition) is 1. The van der Waals surface area contributed by atoms with Gasteiger partial charge in [-0.05, 0) is 37.3 Å². The standard InChI is InChI=1S/C16H20N4O2/c1-11(2)15-14-5-3-4-10-17-16(14)19(18-15)12-6-8-13(9-7-12)20(21)22/h6-9,11,17H,3-5,10H2,1-2H3. The zero-order chi connectivity index (χ0) is 15.7. The molecule has 2 aromatic rings. The summed E-state index contributed by atoms with van der Waals surface area (Å²) in [5.41, 5.74) is 3.34. The number of benzene rings is 1. The third kappa shape index (κ3) is 2.56. The van der Waals surface area contributed by atoms with Gasteiger partial charge in [-0.15, -0.1) is 0 Å². The lowest BCUT2D eigenvalue weighted by Gasteiger charge is -2.09. The largest absolute Gasteiger partial charge is 0.370 e. The van der Waals surface area contributed by atoms with Gasteiger partial charge in [0, 0.05) is 24.2 Å². The molecule has 0 saturated carbocycles. The van der Waals surface area contributed by atoms with Crippen LogP contribution in [0.2, 0.25) is 0 Å². The SMILES string of the molecule is CC(C)c1nn(-c2ccc([N+](=O)[O-])cc2)c2c1CCCCN2. The summed E-state index contributed by atoms with van der Waals surface area (Å²) in [5, 5.41) is 19.0. The Morgan fingerprint density at radius 1 is 1.27 bits per heavy atom. The van der Waals surface area contributed by atoms with E-state index >= 15 is 0 Å². The summed E-state index contributed by atoms with van der Waals surface area (Å²) in [7, 11) is 0. The summed E-state index contributed by atoms with van der Waals surface area (Å²) in [5.74, 6) is 1.39. The molecule has 0 aliphatic carbocycles. The van der Waals surface area contributed by atoms with Gasteiger partial charge in [0.15, 0.2) is 0 Å². The van der Waals surface area contributed by atoms with Crippen LogP contribution in [0.15, 0.2) is 24.3 Å². The monoisotopic (exact) mass is 300 g/mol. The molecular formula is C16H20N4O2. The van der Waals surface area contributed by atoms with Crippen molar-refractivity contribution in [2.45, 2.75) is 39.0 Å². The molecule has 22 heavy (non-hydrogen) atoms. The Morgan fingerprint density at radius 2 is 2.00 bits per heavy atom. The molecule has 0 amide bonds. The molecule has 0 bridgehead atoms. The molecule has 1 aliphatic rings. The minimum atomic E-state index is -0.384. The van der Waals surface area contributed by atoms with Crippen molar-refractivity contribution < 1.29 is 4.92 Å². The number of rotatable bonds is 3. The number of nitro benzene ring substituents is 1. The smallest absolute Gasteiger partial charge is 0.269 e. The molecule has 0 unspecified atom stereocenters. The number of aromatic nitrogens is 2. The Kier molecular flexibility index (Phi) is 3.83. The first kappa shape index (κ1) is 14.6. The van der Waals surface area contributed by atoms with Crippen LogP contribution in [0.3, 0.4) is 0 Å². The van der Waals surface area contributed by atoms with Crippen molar-refractivity contribution in [1.82, 2.24) is 9.78 Å². The summed E-state index contributed by atoms with van der Waals surface area (Å²) in [6.07, 6.45) is 3.33. The van der Waals surface area contributed by atoms with Crippen molar-refractivity contribution in [2.75, 3.05) is 11.9 Å². The van der Waals surface area contributed by atoms with E-state index in [9.17, 15) is 10.1 Å². The molecule has 1 N–H and O–H groups in total. The van der Waals surface area contributed by atoms with E-state index in [2.05, 4.69) is 19.2 Å². The van der Waals surface area contributed by atoms with E-state index in [4.69, 9.17) is 5.10 Å². The molecule has 6 nitrogen and oxygen atoms in total. The van der Waals surface area contributed by atoms with E-state index in [1.165, 1.54) is 17.7 Å². The first-order chi connectivity index (χ1) is 10.6. The van der Waals surface area contributed by atoms with E-state index in [0.29, 0.717) is 5.92 Å². The molecule has 1 aromatic carbocycles. The zero-order valence-electron chi connectivity index (χ0n) is 12.9. The van der Waals surface area contributed by atoms with Crippen molar-refractivity contribution in [3.05, 3.63) is 45.6 Å². The van der Waals surface area contributed by atoms with Gasteiger partial charge in [-0.1, -0.05) is 13.8 Å². The van der Waals surface area contributed by atoms with Crippen LogP contribution in [-0.2, 0) is 6.42 Å². The summed E-state index contributed by atoms with van der Waals surface area (Å²) in [6.45, 7) is 5.23. The molecule has 0 spiro atoms. The number of non-ortho nitro benzene ring substituents is 1. The first-order valence-electron chi connectivity index (χ1n) is 7.68. The van der Waals surface area contributed by atoms with E-state index < -0.39 is 0 Å². The van der Waals surface area contributed by atoms with Gasteiger partial charge in [-0.25, -0.2) is 4.68 Å². The molecule has 1 aromatic heterocycles. The Bertz CT molecular complexity index is 689. The second kappa shape index (κ2) is 5.79. The van der Waals surface area contributed by atoms with Crippen molar-refractivity contribution in [3.8, 4) is 5.69 Å². The zero-order valence-corrected chi connectivity index (χ0v) is 12.9. The highest BCUT2D eigenvalue weighted by molar-refractivity contribution is 5.55. The van der Waals surface area contributed by atoms with Gasteiger partial charge in [0.25, 0.3) is 5.69 Å². The highest BCUT2D eigenvalue weighted by Crippen LogP contribution is 2.32. The maximum atomic E-state index is 10.8. The molecular weight excluding hydrogens is 280 g/mol. The van der Waals surface area contributed by atoms with Crippen LogP contribution < -0.4 is 5.32 Å². The maximum absolute atomic E-state index is 10.8. The topological polar surface area (TPSA) is 73.0 Å². The van der Waals surface area contributed by atoms with Gasteiger partial charge in [-0.3, -0.25) is 10.1 Å². The Labute approximate surface area is 129 Å². The van der Waals surface area contributed by atoms with Crippen molar-refractivity contribution in [3.63, 3.8) is 0 Å². The van der Waals surface area contributed by atoms with Crippen LogP contribution in [0.1, 0.15) is 43.9 Å². The summed E-state index contributed by atoms with van der Waals surface area (Å²) >= 11 is 0. The van der Waals surface area contributed by atoms with Gasteiger partial charge in [0.1, 0.15) is 5.82 Å². The summed E-state index contributed by atoms with van der Waals surface area (Å²) in [6, 6.07) is 6.55. The lowest BCUT2D eigenvalue weighted by molar-refractivity contribution is -0.384. The molecule has 116 valence electrons. The minimum Gasteiger partial charge on any atom is -0.370 e. The van der Waals surface area contributed by atoms with E-state index in [1.807, 2.05) is 4.68 Å². The predicted molar refractivity (Wildman–Crippen MR) is 85.7 cm³/mol. The van der Waals surface area contributed by atoms with Crippen LogP contribution in [0.4, 0.5) is 11.5 Å². The van der Waals surface area contributed by atoms with E-state index in [1.54, 1.807) is 12.1 Å². The second-order valence-corrected chi connectivity index (χ2v) is 5.94. The van der Waals surface area contributed by atoms with E-state index in [0.717, 1.165) is 43.0 Å². The molecule has 3 rings (SSSR count). The molecule has 6 heteroatoms. The van der Waals surface area contributed by atoms with Crippen LogP contribution in [-0.4, -0.2) is 21.2 Å². The average molecular weight is 300 g/mol. The summed E-state index contributed by atoms with van der Waals surface area (Å²) < 4.78 is 1.89. The van der Waals surface area contributed by atoms with Gasteiger partial charge >= 0.3 is 0 Å². The lowest BCUT2D eigenvalue weighted by Crippen LogP contribution is -2.07. The Morgan fingerprint density at radius 3 is 2.64 bits per heavy atom. The number of fused-ring (bicyclic) bond motifs is 1. The number of hydrogen-bond acceptors (Lipinski definition) is 4. The number of nitrogens with zero attached hydrogens (tertiary/aromatic N) is 3. The molecule has 0 radical (unpaired) electrons. The predicted octanol–water partition coefficient (Wildman–Crippen LogP) is 3.65. The van der Waals surface area contributed by atoms with Crippen LogP contribution >= 0.6 is 0 Å². The average Bonchev–Trinajstić information content (AvgIpc) is 2.69. The maximum Gasteiger partial charge on any atom is 0.269 e. The van der Waals surface area contributed by atoms with Crippen molar-refractivity contribution in [1.29, 1.82) is 0 Å². The van der Waals surface area contributed by atoms with Gasteiger partial charge in [0.2, 0.25) is 0 Å². The normalized spacial score (nSPS) is 14.3. The summed E-state index contributed by atoms with van der Waals surface area (Å²) in [4.78, 5) is 10.4. The third-order valence-electron chi connectivity index (χ3n) is 4.01. The van der Waals surface area contributed by atoms with Crippen LogP contribution in [0.25, 0.3) is 5.69 Å². The third-order valence-corrected chi connectivity index (χ3v) is 4.01. The quantitative estimate of drug-likeness (QED) is 0.693. The fourth-order valence-corrected chi connectivity index (χ4v) is 2.90. The van der Waals surface area contributed by atoms with Crippen LogP contribution in [0.5, 0.6) is 0 Å². The van der Waals surface area contributed by atoms with Gasteiger partial charge in [-0.2, -0.15) is 5.10 Å². The van der Waals surface area contributed by atoms with Gasteiger partial charge in [0.05, 0.1) is 16.3 Å². The Balaban J connectivity index is 2.08. The number of anilines is 1. The van der Waals surface area contributed by atoms with Crippen molar-refractivity contribution >= 4 is 11.5 Å². The molecule has 0 saturated heterocycles.